The lowest BCUT2D eigenvalue weighted by atomic mass is 10.1. The number of hydrogen-bond acceptors (Lipinski definition) is 5. The second-order valence-corrected chi connectivity index (χ2v) is 4.75. The van der Waals surface area contributed by atoms with Crippen molar-refractivity contribution in [3.8, 4) is 11.4 Å². The van der Waals surface area contributed by atoms with Crippen molar-refractivity contribution in [3.05, 3.63) is 36.2 Å². The first-order valence-corrected chi connectivity index (χ1v) is 6.69. The number of rotatable bonds is 5. The van der Waals surface area contributed by atoms with E-state index in [1.54, 1.807) is 0 Å². The molecule has 0 atom stereocenters. The van der Waals surface area contributed by atoms with Crippen LogP contribution in [0.15, 0.2) is 34.9 Å². The highest BCUT2D eigenvalue weighted by Crippen LogP contribution is 2.16. The lowest BCUT2D eigenvalue weighted by Gasteiger charge is -2.36. The summed E-state index contributed by atoms with van der Waals surface area (Å²) in [6.07, 6.45) is 0. The van der Waals surface area contributed by atoms with E-state index < -0.39 is 0 Å². The van der Waals surface area contributed by atoms with Gasteiger partial charge in [0.2, 0.25) is 11.7 Å². The van der Waals surface area contributed by atoms with Crippen molar-refractivity contribution in [2.75, 3.05) is 19.6 Å². The van der Waals surface area contributed by atoms with Crippen molar-refractivity contribution in [1.82, 2.24) is 20.4 Å². The minimum absolute atomic E-state index is 0.595. The molecule has 1 N–H and O–H groups in total. The van der Waals surface area contributed by atoms with E-state index in [4.69, 9.17) is 4.52 Å². The Hall–Kier alpha value is -1.72. The van der Waals surface area contributed by atoms with E-state index in [1.807, 2.05) is 30.3 Å². The standard InChI is InChI=1S/C14H18N4O/c1-2-18(12-8-15-9-12)10-13-16-14(17-19-13)11-6-4-3-5-7-11/h3-7,12,15H,2,8-10H2,1H3. The highest BCUT2D eigenvalue weighted by molar-refractivity contribution is 5.53. The Morgan fingerprint density at radius 2 is 2.11 bits per heavy atom. The van der Waals surface area contributed by atoms with Gasteiger partial charge in [0.15, 0.2) is 0 Å². The first-order valence-electron chi connectivity index (χ1n) is 6.69. The van der Waals surface area contributed by atoms with Gasteiger partial charge in [-0.3, -0.25) is 4.90 Å². The number of nitrogens with zero attached hydrogens (tertiary/aromatic N) is 3. The predicted molar refractivity (Wildman–Crippen MR) is 72.5 cm³/mol. The van der Waals surface area contributed by atoms with Gasteiger partial charge >= 0.3 is 0 Å². The normalized spacial score (nSPS) is 15.7. The van der Waals surface area contributed by atoms with Crippen LogP contribution in [-0.4, -0.2) is 40.7 Å². The molecule has 2 aromatic rings. The zero-order valence-corrected chi connectivity index (χ0v) is 11.0. The van der Waals surface area contributed by atoms with Crippen LogP contribution in [0.25, 0.3) is 11.4 Å². The average molecular weight is 258 g/mol. The zero-order valence-electron chi connectivity index (χ0n) is 11.0. The lowest BCUT2D eigenvalue weighted by Crippen LogP contribution is -2.56. The largest absolute Gasteiger partial charge is 0.338 e. The molecule has 1 saturated heterocycles. The Balaban J connectivity index is 1.70. The van der Waals surface area contributed by atoms with Gasteiger partial charge in [-0.2, -0.15) is 4.98 Å². The first kappa shape index (κ1) is 12.3. The second-order valence-electron chi connectivity index (χ2n) is 4.75. The fourth-order valence-corrected chi connectivity index (χ4v) is 2.23. The van der Waals surface area contributed by atoms with Gasteiger partial charge in [0.25, 0.3) is 0 Å². The summed E-state index contributed by atoms with van der Waals surface area (Å²) in [5.41, 5.74) is 0.992. The van der Waals surface area contributed by atoms with Crippen molar-refractivity contribution in [3.63, 3.8) is 0 Å². The Kier molecular flexibility index (Phi) is 3.57. The summed E-state index contributed by atoms with van der Waals surface area (Å²) < 4.78 is 5.35. The molecule has 1 fully saturated rings. The molecule has 100 valence electrons. The van der Waals surface area contributed by atoms with E-state index >= 15 is 0 Å². The highest BCUT2D eigenvalue weighted by Gasteiger charge is 2.24. The van der Waals surface area contributed by atoms with Gasteiger partial charge in [0.05, 0.1) is 6.54 Å². The molecule has 5 heteroatoms. The minimum Gasteiger partial charge on any atom is -0.338 e. The van der Waals surface area contributed by atoms with Crippen molar-refractivity contribution in [1.29, 1.82) is 0 Å². The smallest absolute Gasteiger partial charge is 0.241 e. The molecule has 0 aliphatic carbocycles. The van der Waals surface area contributed by atoms with E-state index in [2.05, 4.69) is 27.3 Å². The molecular weight excluding hydrogens is 240 g/mol. The molecule has 3 rings (SSSR count). The van der Waals surface area contributed by atoms with Crippen LogP contribution in [-0.2, 0) is 6.54 Å². The summed E-state index contributed by atoms with van der Waals surface area (Å²) in [4.78, 5) is 6.83. The molecule has 0 unspecified atom stereocenters. The molecule has 1 aliphatic heterocycles. The van der Waals surface area contributed by atoms with Crippen LogP contribution < -0.4 is 5.32 Å². The van der Waals surface area contributed by atoms with Gasteiger partial charge in [0, 0.05) is 24.7 Å². The van der Waals surface area contributed by atoms with Gasteiger partial charge in [-0.05, 0) is 6.54 Å². The molecule has 0 bridgehead atoms. The number of aromatic nitrogens is 2. The van der Waals surface area contributed by atoms with Crippen LogP contribution in [0.1, 0.15) is 12.8 Å². The fraction of sp³-hybridized carbons (Fsp3) is 0.429. The number of benzene rings is 1. The SMILES string of the molecule is CCN(Cc1nc(-c2ccccc2)no1)C1CNC1. The molecule has 2 heterocycles. The Morgan fingerprint density at radius 3 is 2.74 bits per heavy atom. The predicted octanol–water partition coefficient (Wildman–Crippen LogP) is 1.53. The van der Waals surface area contributed by atoms with E-state index in [9.17, 15) is 0 Å². The van der Waals surface area contributed by atoms with Gasteiger partial charge in [0.1, 0.15) is 0 Å². The van der Waals surface area contributed by atoms with E-state index in [0.29, 0.717) is 17.8 Å². The van der Waals surface area contributed by atoms with Crippen LogP contribution in [0, 0.1) is 0 Å². The van der Waals surface area contributed by atoms with Crippen molar-refractivity contribution < 1.29 is 4.52 Å². The maximum atomic E-state index is 5.35. The summed E-state index contributed by atoms with van der Waals surface area (Å²) in [6, 6.07) is 10.5. The summed E-state index contributed by atoms with van der Waals surface area (Å²) in [6.45, 7) is 5.98. The molecule has 1 aliphatic rings. The van der Waals surface area contributed by atoms with Gasteiger partial charge in [-0.25, -0.2) is 0 Å². The Labute approximate surface area is 112 Å². The highest BCUT2D eigenvalue weighted by atomic mass is 16.5. The van der Waals surface area contributed by atoms with Crippen LogP contribution >= 0.6 is 0 Å². The monoisotopic (exact) mass is 258 g/mol. The van der Waals surface area contributed by atoms with Crippen molar-refractivity contribution in [2.24, 2.45) is 0 Å². The maximum absolute atomic E-state index is 5.35. The molecule has 0 radical (unpaired) electrons. The molecule has 1 aromatic carbocycles. The number of nitrogens with one attached hydrogen (secondary N) is 1. The van der Waals surface area contributed by atoms with Crippen molar-refractivity contribution in [2.45, 2.75) is 19.5 Å². The molecule has 0 saturated carbocycles. The fourth-order valence-electron chi connectivity index (χ4n) is 2.23. The summed E-state index contributed by atoms with van der Waals surface area (Å²) in [5, 5.41) is 7.33. The second kappa shape index (κ2) is 5.50. The quantitative estimate of drug-likeness (QED) is 0.881. The van der Waals surface area contributed by atoms with E-state index in [0.717, 1.165) is 31.7 Å². The lowest BCUT2D eigenvalue weighted by molar-refractivity contribution is 0.129. The van der Waals surface area contributed by atoms with Crippen molar-refractivity contribution >= 4 is 0 Å². The first-order chi connectivity index (χ1) is 9.36. The molecular formula is C14H18N4O. The van der Waals surface area contributed by atoms with E-state index in [1.165, 1.54) is 0 Å². The topological polar surface area (TPSA) is 54.2 Å². The number of hydrogen-bond donors (Lipinski definition) is 1. The third-order valence-corrected chi connectivity index (χ3v) is 3.52. The zero-order chi connectivity index (χ0) is 13.1. The average Bonchev–Trinajstić information content (AvgIpc) is 2.85. The number of likely N-dealkylation sites (N-methyl/N-ethyl adjacent to an activating group) is 1. The maximum Gasteiger partial charge on any atom is 0.241 e. The van der Waals surface area contributed by atoms with Crippen LogP contribution in [0.3, 0.4) is 0 Å². The summed E-state index contributed by atoms with van der Waals surface area (Å²) in [5.74, 6) is 1.35. The van der Waals surface area contributed by atoms with Crippen LogP contribution in [0.2, 0.25) is 0 Å². The third-order valence-electron chi connectivity index (χ3n) is 3.52. The van der Waals surface area contributed by atoms with E-state index in [-0.39, 0.29) is 0 Å². The molecule has 0 spiro atoms. The van der Waals surface area contributed by atoms with Gasteiger partial charge in [-0.1, -0.05) is 42.4 Å². The van der Waals surface area contributed by atoms with Crippen LogP contribution in [0.4, 0.5) is 0 Å². The molecule has 19 heavy (non-hydrogen) atoms. The van der Waals surface area contributed by atoms with Crippen LogP contribution in [0.5, 0.6) is 0 Å². The molecule has 1 aromatic heterocycles. The Morgan fingerprint density at radius 1 is 1.32 bits per heavy atom. The summed E-state index contributed by atoms with van der Waals surface area (Å²) >= 11 is 0. The Bertz CT molecular complexity index is 521. The van der Waals surface area contributed by atoms with Gasteiger partial charge in [-0.15, -0.1) is 0 Å². The minimum atomic E-state index is 0.595. The third kappa shape index (κ3) is 2.67. The summed E-state index contributed by atoms with van der Waals surface area (Å²) in [7, 11) is 0. The molecule has 5 nitrogen and oxygen atoms in total. The van der Waals surface area contributed by atoms with Gasteiger partial charge < -0.3 is 9.84 Å². The molecule has 0 amide bonds.